The second-order valence-electron chi connectivity index (χ2n) is 6.71. The molecule has 0 fully saturated rings. The topological polar surface area (TPSA) is 57.3 Å². The van der Waals surface area contributed by atoms with Crippen molar-refractivity contribution in [1.82, 2.24) is 15.2 Å². The molecule has 0 atom stereocenters. The van der Waals surface area contributed by atoms with Crippen LogP contribution in [0.5, 0.6) is 0 Å². The van der Waals surface area contributed by atoms with Crippen LogP contribution < -0.4 is 10.6 Å². The zero-order valence-electron chi connectivity index (χ0n) is 15.5. The Kier molecular flexibility index (Phi) is 6.95. The lowest BCUT2D eigenvalue weighted by Gasteiger charge is -2.15. The summed E-state index contributed by atoms with van der Waals surface area (Å²) in [5.41, 5.74) is 3.59. The second-order valence-corrected chi connectivity index (χ2v) is 6.71. The number of para-hydroxylation sites is 1. The van der Waals surface area contributed by atoms with E-state index in [0.717, 1.165) is 24.3 Å². The van der Waals surface area contributed by atoms with Crippen LogP contribution in [0.4, 0.5) is 11.4 Å². The molecule has 1 aromatic carbocycles. The van der Waals surface area contributed by atoms with Crippen molar-refractivity contribution in [2.45, 2.75) is 26.2 Å². The van der Waals surface area contributed by atoms with Crippen molar-refractivity contribution >= 4 is 17.3 Å². The molecule has 2 N–H and O–H groups in total. The Bertz CT molecular complexity index is 698. The van der Waals surface area contributed by atoms with Crippen molar-refractivity contribution in [3.8, 4) is 0 Å². The Labute approximate surface area is 150 Å². The maximum absolute atomic E-state index is 12.3. The van der Waals surface area contributed by atoms with E-state index in [-0.39, 0.29) is 5.91 Å². The van der Waals surface area contributed by atoms with Gasteiger partial charge in [0.2, 0.25) is 0 Å². The van der Waals surface area contributed by atoms with Crippen molar-refractivity contribution in [2.75, 3.05) is 32.5 Å². The van der Waals surface area contributed by atoms with E-state index < -0.39 is 0 Å². The number of amides is 1. The predicted molar refractivity (Wildman–Crippen MR) is 104 cm³/mol. The summed E-state index contributed by atoms with van der Waals surface area (Å²) in [6.45, 7) is 5.92. The first-order chi connectivity index (χ1) is 12.0. The van der Waals surface area contributed by atoms with Gasteiger partial charge in [0.15, 0.2) is 0 Å². The van der Waals surface area contributed by atoms with Crippen molar-refractivity contribution in [3.63, 3.8) is 0 Å². The largest absolute Gasteiger partial charge is 0.355 e. The molecule has 0 bridgehead atoms. The maximum Gasteiger partial charge on any atom is 0.269 e. The molecule has 0 unspecified atom stereocenters. The van der Waals surface area contributed by atoms with Crippen molar-refractivity contribution in [1.29, 1.82) is 0 Å². The third-order valence-corrected chi connectivity index (χ3v) is 3.92. The molecule has 0 spiro atoms. The van der Waals surface area contributed by atoms with Crippen LogP contribution in [0.1, 0.15) is 42.2 Å². The normalized spacial score (nSPS) is 11.0. The van der Waals surface area contributed by atoms with Crippen LogP contribution in [0.3, 0.4) is 0 Å². The lowest BCUT2D eigenvalue weighted by Crippen LogP contribution is -2.27. The fourth-order valence-electron chi connectivity index (χ4n) is 2.59. The van der Waals surface area contributed by atoms with Gasteiger partial charge >= 0.3 is 0 Å². The number of carbonyl (C=O) groups is 1. The maximum atomic E-state index is 12.3. The molecule has 25 heavy (non-hydrogen) atoms. The van der Waals surface area contributed by atoms with E-state index in [9.17, 15) is 4.79 Å². The predicted octanol–water partition coefficient (Wildman–Crippen LogP) is 3.63. The quantitative estimate of drug-likeness (QED) is 0.721. The van der Waals surface area contributed by atoms with Crippen molar-refractivity contribution in [2.24, 2.45) is 0 Å². The highest BCUT2D eigenvalue weighted by molar-refractivity contribution is 5.93. The van der Waals surface area contributed by atoms with E-state index in [4.69, 9.17) is 0 Å². The van der Waals surface area contributed by atoms with Gasteiger partial charge in [-0.1, -0.05) is 32.0 Å². The number of nitrogens with zero attached hydrogens (tertiary/aromatic N) is 2. The van der Waals surface area contributed by atoms with Crippen LogP contribution in [0.25, 0.3) is 0 Å². The first kappa shape index (κ1) is 18.9. The van der Waals surface area contributed by atoms with Gasteiger partial charge in [-0.2, -0.15) is 0 Å². The Morgan fingerprint density at radius 3 is 2.68 bits per heavy atom. The third-order valence-electron chi connectivity index (χ3n) is 3.92. The molecule has 2 rings (SSSR count). The van der Waals surface area contributed by atoms with E-state index in [1.165, 1.54) is 5.56 Å². The number of anilines is 2. The molecule has 5 heteroatoms. The Balaban J connectivity index is 2.03. The summed E-state index contributed by atoms with van der Waals surface area (Å²) in [5.74, 6) is 0.282. The standard InChI is InChI=1S/C20H28N4O/c1-15(2)17-8-5-6-9-18(17)23-16-10-12-21-19(14-16)20(25)22-11-7-13-24(3)4/h5-6,8-10,12,14-15H,7,11,13H2,1-4H3,(H,21,23)(H,22,25). The van der Waals surface area contributed by atoms with E-state index in [1.807, 2.05) is 32.3 Å². The minimum Gasteiger partial charge on any atom is -0.355 e. The van der Waals surface area contributed by atoms with Gasteiger partial charge in [0, 0.05) is 24.1 Å². The summed E-state index contributed by atoms with van der Waals surface area (Å²) in [7, 11) is 4.04. The Morgan fingerprint density at radius 1 is 1.20 bits per heavy atom. The third kappa shape index (κ3) is 5.87. The first-order valence-electron chi connectivity index (χ1n) is 8.72. The van der Waals surface area contributed by atoms with Gasteiger partial charge in [-0.05, 0) is 56.7 Å². The molecular formula is C20H28N4O. The van der Waals surface area contributed by atoms with Gasteiger partial charge in [-0.15, -0.1) is 0 Å². The SMILES string of the molecule is CC(C)c1ccccc1Nc1ccnc(C(=O)NCCCN(C)C)c1. The van der Waals surface area contributed by atoms with Crippen molar-refractivity contribution < 1.29 is 4.79 Å². The molecule has 2 aromatic rings. The van der Waals surface area contributed by atoms with E-state index in [0.29, 0.717) is 18.2 Å². The number of carbonyl (C=O) groups excluding carboxylic acids is 1. The number of benzene rings is 1. The lowest BCUT2D eigenvalue weighted by atomic mass is 10.0. The molecule has 0 aliphatic rings. The van der Waals surface area contributed by atoms with Gasteiger partial charge in [0.1, 0.15) is 5.69 Å². The minimum absolute atomic E-state index is 0.139. The smallest absolute Gasteiger partial charge is 0.269 e. The van der Waals surface area contributed by atoms with Gasteiger partial charge in [0.25, 0.3) is 5.91 Å². The molecule has 134 valence electrons. The van der Waals surface area contributed by atoms with Crippen LogP contribution in [-0.2, 0) is 0 Å². The molecular weight excluding hydrogens is 312 g/mol. The molecule has 5 nitrogen and oxygen atoms in total. The van der Waals surface area contributed by atoms with Gasteiger partial charge in [-0.25, -0.2) is 0 Å². The number of hydrogen-bond donors (Lipinski definition) is 2. The average Bonchev–Trinajstić information content (AvgIpc) is 2.59. The molecule has 0 radical (unpaired) electrons. The summed E-state index contributed by atoms with van der Waals surface area (Å²) in [5, 5.41) is 6.32. The highest BCUT2D eigenvalue weighted by Gasteiger charge is 2.09. The number of hydrogen-bond acceptors (Lipinski definition) is 4. The summed E-state index contributed by atoms with van der Waals surface area (Å²) < 4.78 is 0. The number of nitrogens with one attached hydrogen (secondary N) is 2. The highest BCUT2D eigenvalue weighted by Crippen LogP contribution is 2.26. The number of pyridine rings is 1. The Hall–Kier alpha value is -2.40. The second kappa shape index (κ2) is 9.18. The average molecular weight is 340 g/mol. The van der Waals surface area contributed by atoms with Crippen molar-refractivity contribution in [3.05, 3.63) is 53.9 Å². The minimum atomic E-state index is -0.139. The highest BCUT2D eigenvalue weighted by atomic mass is 16.1. The fourth-order valence-corrected chi connectivity index (χ4v) is 2.59. The number of aromatic nitrogens is 1. The van der Waals surface area contributed by atoms with Crippen LogP contribution in [0.15, 0.2) is 42.6 Å². The molecule has 1 heterocycles. The Morgan fingerprint density at radius 2 is 1.96 bits per heavy atom. The summed E-state index contributed by atoms with van der Waals surface area (Å²) in [6, 6.07) is 11.9. The first-order valence-corrected chi connectivity index (χ1v) is 8.72. The summed E-state index contributed by atoms with van der Waals surface area (Å²) >= 11 is 0. The molecule has 0 aliphatic heterocycles. The van der Waals surface area contributed by atoms with Crippen LogP contribution in [0, 0.1) is 0 Å². The molecule has 1 amide bonds. The zero-order chi connectivity index (χ0) is 18.2. The summed E-state index contributed by atoms with van der Waals surface area (Å²) in [6.07, 6.45) is 2.58. The monoisotopic (exact) mass is 340 g/mol. The molecule has 0 saturated heterocycles. The van der Waals surface area contributed by atoms with E-state index >= 15 is 0 Å². The summed E-state index contributed by atoms with van der Waals surface area (Å²) in [4.78, 5) is 18.5. The van der Waals surface area contributed by atoms with Crippen LogP contribution >= 0.6 is 0 Å². The lowest BCUT2D eigenvalue weighted by molar-refractivity contribution is 0.0947. The van der Waals surface area contributed by atoms with E-state index in [1.54, 1.807) is 12.3 Å². The zero-order valence-corrected chi connectivity index (χ0v) is 15.5. The van der Waals surface area contributed by atoms with Gasteiger partial charge in [0.05, 0.1) is 0 Å². The van der Waals surface area contributed by atoms with Gasteiger partial charge in [-0.3, -0.25) is 9.78 Å². The van der Waals surface area contributed by atoms with E-state index in [2.05, 4.69) is 46.5 Å². The van der Waals surface area contributed by atoms with Crippen LogP contribution in [0.2, 0.25) is 0 Å². The van der Waals surface area contributed by atoms with Gasteiger partial charge < -0.3 is 15.5 Å². The number of rotatable bonds is 8. The molecule has 0 aliphatic carbocycles. The fraction of sp³-hybridized carbons (Fsp3) is 0.400. The molecule has 0 saturated carbocycles. The van der Waals surface area contributed by atoms with Crippen LogP contribution in [-0.4, -0.2) is 43.0 Å². The molecule has 1 aromatic heterocycles.